The quantitative estimate of drug-likeness (QED) is 0.406. The lowest BCUT2D eigenvalue weighted by molar-refractivity contribution is 0.100. The highest BCUT2D eigenvalue weighted by molar-refractivity contribution is 6.01. The number of rotatable bonds is 9. The van der Waals surface area contributed by atoms with Gasteiger partial charge in [-0.05, 0) is 43.5 Å². The van der Waals surface area contributed by atoms with Crippen LogP contribution >= 0.6 is 0 Å². The zero-order chi connectivity index (χ0) is 21.5. The molecule has 0 aliphatic rings. The van der Waals surface area contributed by atoms with Crippen LogP contribution in [-0.4, -0.2) is 29.2 Å². The SMILES string of the molecule is C=C/C(=C\N=C)c1nc(Nc2ccccc2C(N)=O)c2cc(OCCC)ccc2n1. The number of hydrogen-bond donors (Lipinski definition) is 2. The predicted octanol–water partition coefficient (Wildman–Crippen LogP) is 4.49. The Morgan fingerprint density at radius 2 is 2.07 bits per heavy atom. The molecular formula is C23H23N5O2. The van der Waals surface area contributed by atoms with Gasteiger partial charge in [0, 0.05) is 17.2 Å². The number of aliphatic imine (C=N–C) groups is 1. The Morgan fingerprint density at radius 1 is 1.27 bits per heavy atom. The van der Waals surface area contributed by atoms with Crippen LogP contribution in [0.4, 0.5) is 11.5 Å². The number of nitrogens with two attached hydrogens (primary N) is 1. The maximum Gasteiger partial charge on any atom is 0.250 e. The number of nitrogens with zero attached hydrogens (tertiary/aromatic N) is 3. The molecule has 0 saturated heterocycles. The second kappa shape index (κ2) is 9.47. The van der Waals surface area contributed by atoms with E-state index in [1.54, 1.807) is 24.3 Å². The Morgan fingerprint density at radius 3 is 2.77 bits per heavy atom. The number of aromatic nitrogens is 2. The number of fused-ring (bicyclic) bond motifs is 1. The van der Waals surface area contributed by atoms with Crippen molar-refractivity contribution in [1.82, 2.24) is 9.97 Å². The molecule has 3 rings (SSSR count). The highest BCUT2D eigenvalue weighted by Crippen LogP contribution is 2.30. The summed E-state index contributed by atoms with van der Waals surface area (Å²) in [6, 6.07) is 12.6. The number of nitrogens with one attached hydrogen (secondary N) is 1. The van der Waals surface area contributed by atoms with Gasteiger partial charge in [-0.25, -0.2) is 9.97 Å². The van der Waals surface area contributed by atoms with E-state index in [9.17, 15) is 4.79 Å². The summed E-state index contributed by atoms with van der Waals surface area (Å²) < 4.78 is 5.76. The largest absolute Gasteiger partial charge is 0.494 e. The molecule has 0 bridgehead atoms. The molecule has 1 heterocycles. The van der Waals surface area contributed by atoms with Crippen molar-refractivity contribution in [3.63, 3.8) is 0 Å². The van der Waals surface area contributed by atoms with Gasteiger partial charge in [0.15, 0.2) is 5.82 Å². The Hall–Kier alpha value is -4.00. The molecule has 0 atom stereocenters. The summed E-state index contributed by atoms with van der Waals surface area (Å²) in [5.74, 6) is 1.10. The summed E-state index contributed by atoms with van der Waals surface area (Å²) in [6.07, 6.45) is 4.04. The average Bonchev–Trinajstić information content (AvgIpc) is 2.76. The molecule has 30 heavy (non-hydrogen) atoms. The molecule has 0 aliphatic heterocycles. The maximum absolute atomic E-state index is 11.8. The van der Waals surface area contributed by atoms with Crippen LogP contribution in [0.15, 0.2) is 66.3 Å². The number of hydrogen-bond acceptors (Lipinski definition) is 6. The number of carbonyl (C=O) groups is 1. The fraction of sp³-hybridized carbons (Fsp3) is 0.130. The third-order valence-corrected chi connectivity index (χ3v) is 4.29. The maximum atomic E-state index is 11.8. The second-order valence-electron chi connectivity index (χ2n) is 6.43. The van der Waals surface area contributed by atoms with Crippen molar-refractivity contribution in [3.05, 3.63) is 72.7 Å². The minimum absolute atomic E-state index is 0.358. The van der Waals surface area contributed by atoms with Crippen molar-refractivity contribution < 1.29 is 9.53 Å². The Bertz CT molecular complexity index is 1140. The topological polar surface area (TPSA) is 102 Å². The fourth-order valence-electron chi connectivity index (χ4n) is 2.88. The van der Waals surface area contributed by atoms with Gasteiger partial charge in [-0.2, -0.15) is 0 Å². The van der Waals surface area contributed by atoms with Crippen molar-refractivity contribution in [3.8, 4) is 5.75 Å². The van der Waals surface area contributed by atoms with Gasteiger partial charge in [0.05, 0.1) is 23.4 Å². The van der Waals surface area contributed by atoms with Gasteiger partial charge < -0.3 is 15.8 Å². The van der Waals surface area contributed by atoms with Gasteiger partial charge in [0.25, 0.3) is 5.91 Å². The first-order chi connectivity index (χ1) is 14.6. The summed E-state index contributed by atoms with van der Waals surface area (Å²) in [7, 11) is 0. The molecule has 3 N–H and O–H groups in total. The van der Waals surface area contributed by atoms with Crippen molar-refractivity contribution in [2.75, 3.05) is 11.9 Å². The number of benzene rings is 2. The van der Waals surface area contributed by atoms with Crippen LogP contribution in [0.1, 0.15) is 29.5 Å². The molecule has 1 aromatic heterocycles. The van der Waals surface area contributed by atoms with E-state index in [1.807, 2.05) is 31.2 Å². The van der Waals surface area contributed by atoms with Gasteiger partial charge in [0.1, 0.15) is 11.6 Å². The average molecular weight is 401 g/mol. The Kier molecular flexibility index (Phi) is 6.54. The Balaban J connectivity index is 2.19. The van der Waals surface area contributed by atoms with E-state index >= 15 is 0 Å². The molecule has 1 amide bonds. The van der Waals surface area contributed by atoms with Gasteiger partial charge in [-0.3, -0.25) is 9.79 Å². The smallest absolute Gasteiger partial charge is 0.250 e. The number of ether oxygens (including phenoxy) is 1. The number of anilines is 2. The highest BCUT2D eigenvalue weighted by Gasteiger charge is 2.14. The molecule has 7 nitrogen and oxygen atoms in total. The lowest BCUT2D eigenvalue weighted by Gasteiger charge is -2.14. The van der Waals surface area contributed by atoms with Crippen LogP contribution in [0.5, 0.6) is 5.75 Å². The van der Waals surface area contributed by atoms with Crippen molar-refractivity contribution in [2.24, 2.45) is 10.7 Å². The summed E-state index contributed by atoms with van der Waals surface area (Å²) in [4.78, 5) is 24.9. The standard InChI is InChI=1S/C23H23N5O2/c1-4-12-30-16-10-11-20-18(13-16)23(28-22(26-20)15(5-2)14-25-3)27-19-9-7-6-8-17(19)21(24)29/h5-11,13-14H,2-4,12H2,1H3,(H2,24,29)(H,26,27,28)/b15-14+. The van der Waals surface area contributed by atoms with E-state index in [0.717, 1.165) is 11.8 Å². The van der Waals surface area contributed by atoms with Crippen LogP contribution in [0.2, 0.25) is 0 Å². The molecule has 0 fully saturated rings. The van der Waals surface area contributed by atoms with E-state index in [-0.39, 0.29) is 0 Å². The zero-order valence-corrected chi connectivity index (χ0v) is 16.8. The third-order valence-electron chi connectivity index (χ3n) is 4.29. The second-order valence-corrected chi connectivity index (χ2v) is 6.43. The minimum atomic E-state index is -0.536. The first-order valence-corrected chi connectivity index (χ1v) is 9.46. The molecule has 0 aliphatic carbocycles. The van der Waals surface area contributed by atoms with Crippen molar-refractivity contribution in [2.45, 2.75) is 13.3 Å². The van der Waals surface area contributed by atoms with E-state index in [4.69, 9.17) is 10.5 Å². The molecule has 0 radical (unpaired) electrons. The lowest BCUT2D eigenvalue weighted by Crippen LogP contribution is -2.13. The number of allylic oxidation sites excluding steroid dienone is 2. The fourth-order valence-corrected chi connectivity index (χ4v) is 2.88. The summed E-state index contributed by atoms with van der Waals surface area (Å²) in [6.45, 7) is 9.93. The van der Waals surface area contributed by atoms with Gasteiger partial charge in [-0.15, -0.1) is 0 Å². The molecular weight excluding hydrogens is 378 g/mol. The van der Waals surface area contributed by atoms with Gasteiger partial charge in [0.2, 0.25) is 0 Å². The number of carbonyl (C=O) groups excluding carboxylic acids is 1. The van der Waals surface area contributed by atoms with Crippen LogP contribution in [0, 0.1) is 0 Å². The first kappa shape index (κ1) is 20.7. The number of para-hydroxylation sites is 1. The van der Waals surface area contributed by atoms with Crippen LogP contribution in [0.3, 0.4) is 0 Å². The molecule has 0 spiro atoms. The summed E-state index contributed by atoms with van der Waals surface area (Å²) >= 11 is 0. The molecule has 0 saturated carbocycles. The monoisotopic (exact) mass is 401 g/mol. The number of amides is 1. The van der Waals surface area contributed by atoms with Gasteiger partial charge >= 0.3 is 0 Å². The molecule has 7 heteroatoms. The van der Waals surface area contributed by atoms with E-state index in [0.29, 0.717) is 46.3 Å². The molecule has 152 valence electrons. The first-order valence-electron chi connectivity index (χ1n) is 9.46. The lowest BCUT2D eigenvalue weighted by atomic mass is 10.1. The molecule has 2 aromatic carbocycles. The number of primary amides is 1. The third kappa shape index (κ3) is 4.52. The molecule has 3 aromatic rings. The summed E-state index contributed by atoms with van der Waals surface area (Å²) in [5, 5.41) is 3.96. The van der Waals surface area contributed by atoms with Gasteiger partial charge in [-0.1, -0.05) is 31.7 Å². The van der Waals surface area contributed by atoms with Crippen LogP contribution in [0.25, 0.3) is 16.5 Å². The zero-order valence-electron chi connectivity index (χ0n) is 16.8. The van der Waals surface area contributed by atoms with E-state index in [1.165, 1.54) is 6.20 Å². The minimum Gasteiger partial charge on any atom is -0.494 e. The highest BCUT2D eigenvalue weighted by atomic mass is 16.5. The molecule has 0 unspecified atom stereocenters. The van der Waals surface area contributed by atoms with Crippen molar-refractivity contribution in [1.29, 1.82) is 0 Å². The van der Waals surface area contributed by atoms with Crippen LogP contribution in [-0.2, 0) is 0 Å². The van der Waals surface area contributed by atoms with E-state index in [2.05, 4.69) is 33.6 Å². The summed E-state index contributed by atoms with van der Waals surface area (Å²) in [5.41, 5.74) is 7.74. The predicted molar refractivity (Wildman–Crippen MR) is 121 cm³/mol. The van der Waals surface area contributed by atoms with Crippen molar-refractivity contribution >= 4 is 40.6 Å². The van der Waals surface area contributed by atoms with E-state index < -0.39 is 5.91 Å². The van der Waals surface area contributed by atoms with Crippen LogP contribution < -0.4 is 15.8 Å². The Labute approximate surface area is 175 Å². The normalized spacial score (nSPS) is 11.2.